The summed E-state index contributed by atoms with van der Waals surface area (Å²) in [5, 5.41) is 0. The molecule has 0 bridgehead atoms. The van der Waals surface area contributed by atoms with E-state index in [0.29, 0.717) is 35.9 Å². The molecule has 3 aromatic rings. The highest BCUT2D eigenvalue weighted by molar-refractivity contribution is 5.91. The predicted molar refractivity (Wildman–Crippen MR) is 167 cm³/mol. The number of unbranched alkanes of at least 4 members (excludes halogenated alkanes) is 5. The molecule has 0 atom stereocenters. The first kappa shape index (κ1) is 34.8. The van der Waals surface area contributed by atoms with Crippen LogP contribution in [0.3, 0.4) is 0 Å². The highest BCUT2D eigenvalue weighted by Gasteiger charge is 2.26. The Kier molecular flexibility index (Phi) is 14.1. The molecule has 45 heavy (non-hydrogen) atoms. The topological polar surface area (TPSA) is 123 Å². The maximum Gasteiger partial charge on any atom is 0.389 e. The summed E-state index contributed by atoms with van der Waals surface area (Å²) in [7, 11) is 0. The zero-order chi connectivity index (χ0) is 32.5. The Hall–Kier alpha value is -4.67. The second-order valence-corrected chi connectivity index (χ2v) is 10.4. The van der Waals surface area contributed by atoms with Crippen molar-refractivity contribution in [2.24, 2.45) is 0 Å². The molecular formula is C34H39F3N2O6. The molecule has 3 aromatic carbocycles. The first-order valence-electron chi connectivity index (χ1n) is 14.8. The van der Waals surface area contributed by atoms with E-state index in [0.717, 1.165) is 49.8 Å². The number of nitrogens with two attached hydrogens (primary N) is 2. The summed E-state index contributed by atoms with van der Waals surface area (Å²) < 4.78 is 58.2. The fourth-order valence-corrected chi connectivity index (χ4v) is 4.20. The smallest absolute Gasteiger partial charge is 0.389 e. The molecule has 0 aliphatic carbocycles. The molecule has 0 aromatic heterocycles. The van der Waals surface area contributed by atoms with Gasteiger partial charge in [0.2, 0.25) is 0 Å². The average molecular weight is 629 g/mol. The molecule has 0 aliphatic rings. The molecule has 242 valence electrons. The molecule has 0 saturated heterocycles. The van der Waals surface area contributed by atoms with Gasteiger partial charge in [0, 0.05) is 23.9 Å². The van der Waals surface area contributed by atoms with Crippen molar-refractivity contribution in [1.82, 2.24) is 0 Å². The molecule has 0 unspecified atom stereocenters. The van der Waals surface area contributed by atoms with Crippen LogP contribution < -0.4 is 25.7 Å². The minimum Gasteiger partial charge on any atom is -0.494 e. The number of esters is 2. The van der Waals surface area contributed by atoms with Crippen LogP contribution in [0, 0.1) is 0 Å². The van der Waals surface area contributed by atoms with Crippen LogP contribution in [0.4, 0.5) is 24.5 Å². The van der Waals surface area contributed by atoms with E-state index in [1.165, 1.54) is 30.3 Å². The highest BCUT2D eigenvalue weighted by Crippen LogP contribution is 2.23. The molecular weight excluding hydrogens is 589 g/mol. The van der Waals surface area contributed by atoms with Crippen LogP contribution in [0.2, 0.25) is 0 Å². The van der Waals surface area contributed by atoms with E-state index in [4.69, 9.17) is 30.4 Å². The monoisotopic (exact) mass is 628 g/mol. The largest absolute Gasteiger partial charge is 0.494 e. The van der Waals surface area contributed by atoms with Crippen LogP contribution in [0.15, 0.2) is 72.8 Å². The summed E-state index contributed by atoms with van der Waals surface area (Å²) in [4.78, 5) is 24.2. The first-order chi connectivity index (χ1) is 21.6. The first-order valence-corrected chi connectivity index (χ1v) is 14.8. The van der Waals surface area contributed by atoms with Crippen LogP contribution in [-0.2, 0) is 9.53 Å². The quantitative estimate of drug-likeness (QED) is 0.0482. The van der Waals surface area contributed by atoms with E-state index in [-0.39, 0.29) is 18.8 Å². The summed E-state index contributed by atoms with van der Waals surface area (Å²) in [5.74, 6) is 0.427. The van der Waals surface area contributed by atoms with Crippen LogP contribution in [0.1, 0.15) is 67.3 Å². The van der Waals surface area contributed by atoms with Crippen molar-refractivity contribution >= 4 is 29.4 Å². The summed E-state index contributed by atoms with van der Waals surface area (Å²) in [6.45, 7) is 0.895. The van der Waals surface area contributed by atoms with E-state index in [2.05, 4.69) is 0 Å². The zero-order valence-electron chi connectivity index (χ0n) is 25.0. The Balaban J connectivity index is 1.22. The lowest BCUT2D eigenvalue weighted by atomic mass is 10.1. The number of hydrogen-bond acceptors (Lipinski definition) is 8. The van der Waals surface area contributed by atoms with E-state index in [9.17, 15) is 22.8 Å². The molecule has 8 nitrogen and oxygen atoms in total. The van der Waals surface area contributed by atoms with Gasteiger partial charge in [-0.3, -0.25) is 0 Å². The van der Waals surface area contributed by atoms with Crippen molar-refractivity contribution in [3.05, 3.63) is 83.9 Å². The van der Waals surface area contributed by atoms with E-state index in [1.807, 2.05) is 24.3 Å². The molecule has 4 N–H and O–H groups in total. The lowest BCUT2D eigenvalue weighted by Gasteiger charge is -2.08. The van der Waals surface area contributed by atoms with Gasteiger partial charge < -0.3 is 30.4 Å². The SMILES string of the molecule is Nc1cc(N)cc(C(=O)OCCCCCCCCOc2ccc(C=CC(=O)Oc3ccc(OCCCC(F)(F)F)cc3)cc2)c1. The molecule has 0 saturated carbocycles. The van der Waals surface area contributed by atoms with Gasteiger partial charge >= 0.3 is 18.1 Å². The normalized spacial score (nSPS) is 11.4. The van der Waals surface area contributed by atoms with Crippen LogP contribution >= 0.6 is 0 Å². The number of nitrogen functional groups attached to an aromatic ring is 2. The Morgan fingerprint density at radius 3 is 1.78 bits per heavy atom. The van der Waals surface area contributed by atoms with Gasteiger partial charge in [-0.25, -0.2) is 9.59 Å². The molecule has 0 aliphatic heterocycles. The fourth-order valence-electron chi connectivity index (χ4n) is 4.20. The second-order valence-electron chi connectivity index (χ2n) is 10.4. The Bertz CT molecular complexity index is 1360. The van der Waals surface area contributed by atoms with Gasteiger partial charge in [0.1, 0.15) is 17.2 Å². The van der Waals surface area contributed by atoms with Gasteiger partial charge in [-0.2, -0.15) is 13.2 Å². The molecule has 0 amide bonds. The van der Waals surface area contributed by atoms with Crippen LogP contribution in [0.5, 0.6) is 17.2 Å². The Morgan fingerprint density at radius 2 is 1.18 bits per heavy atom. The minimum absolute atomic E-state index is 0.0570. The lowest BCUT2D eigenvalue weighted by molar-refractivity contribution is -0.136. The predicted octanol–water partition coefficient (Wildman–Crippen LogP) is 7.77. The van der Waals surface area contributed by atoms with Gasteiger partial charge in [0.25, 0.3) is 0 Å². The lowest BCUT2D eigenvalue weighted by Crippen LogP contribution is -2.09. The Morgan fingerprint density at radius 1 is 0.667 bits per heavy atom. The third-order valence-electron chi connectivity index (χ3n) is 6.46. The molecule has 0 fully saturated rings. The van der Waals surface area contributed by atoms with Gasteiger partial charge in [-0.15, -0.1) is 0 Å². The highest BCUT2D eigenvalue weighted by atomic mass is 19.4. The summed E-state index contributed by atoms with van der Waals surface area (Å²) >= 11 is 0. The number of carbonyl (C=O) groups is 2. The van der Waals surface area contributed by atoms with Crippen molar-refractivity contribution in [3.8, 4) is 17.2 Å². The van der Waals surface area contributed by atoms with E-state index < -0.39 is 24.5 Å². The van der Waals surface area contributed by atoms with E-state index in [1.54, 1.807) is 24.3 Å². The number of rotatable bonds is 18. The zero-order valence-corrected chi connectivity index (χ0v) is 25.0. The van der Waals surface area contributed by atoms with Crippen molar-refractivity contribution in [1.29, 1.82) is 0 Å². The number of ether oxygens (including phenoxy) is 4. The van der Waals surface area contributed by atoms with Crippen molar-refractivity contribution in [2.45, 2.75) is 57.5 Å². The van der Waals surface area contributed by atoms with Gasteiger partial charge in [0.15, 0.2) is 0 Å². The fraction of sp³-hybridized carbons (Fsp3) is 0.353. The number of carbonyl (C=O) groups excluding carboxylic acids is 2. The van der Waals surface area contributed by atoms with Crippen molar-refractivity contribution in [3.63, 3.8) is 0 Å². The molecule has 0 radical (unpaired) electrons. The second kappa shape index (κ2) is 18.2. The summed E-state index contributed by atoms with van der Waals surface area (Å²) in [5.41, 5.74) is 13.4. The van der Waals surface area contributed by atoms with Crippen molar-refractivity contribution in [2.75, 3.05) is 31.3 Å². The molecule has 11 heteroatoms. The number of anilines is 2. The number of alkyl halides is 3. The third kappa shape index (κ3) is 14.6. The van der Waals surface area contributed by atoms with Crippen LogP contribution in [0.25, 0.3) is 6.08 Å². The standard InChI is InChI=1S/C34H39F3N2O6/c35-34(36,37)18-7-21-43-30-13-15-31(16-14-30)45-32(40)17-10-25-8-11-29(12-9-25)42-19-5-3-1-2-4-6-20-44-33(41)26-22-27(38)24-28(39)23-26/h8-17,22-24H,1-7,18-21,38-39H2. The van der Waals surface area contributed by atoms with Crippen molar-refractivity contribution < 1.29 is 41.7 Å². The summed E-state index contributed by atoms with van der Waals surface area (Å²) in [6, 6.07) is 18.1. The maximum atomic E-state index is 12.2. The summed E-state index contributed by atoms with van der Waals surface area (Å²) in [6.07, 6.45) is 3.51. The molecule has 3 rings (SSSR count). The molecule has 0 spiro atoms. The third-order valence-corrected chi connectivity index (χ3v) is 6.46. The van der Waals surface area contributed by atoms with Gasteiger partial charge in [-0.05, 0) is 85.5 Å². The molecule has 0 heterocycles. The minimum atomic E-state index is -4.20. The number of benzene rings is 3. The number of halogens is 3. The Labute approximate surface area is 261 Å². The van der Waals surface area contributed by atoms with Gasteiger partial charge in [0.05, 0.1) is 25.4 Å². The number of hydrogen-bond donors (Lipinski definition) is 2. The van der Waals surface area contributed by atoms with Crippen LogP contribution in [-0.4, -0.2) is 37.9 Å². The average Bonchev–Trinajstić information content (AvgIpc) is 2.99. The maximum absolute atomic E-state index is 12.2. The van der Waals surface area contributed by atoms with E-state index >= 15 is 0 Å². The van der Waals surface area contributed by atoms with Gasteiger partial charge in [-0.1, -0.05) is 37.8 Å².